The maximum absolute atomic E-state index is 11.5. The molecule has 0 atom stereocenters. The molecule has 1 amide bonds. The van der Waals surface area contributed by atoms with Gasteiger partial charge in [-0.15, -0.1) is 10.2 Å². The molecule has 15 heavy (non-hydrogen) atoms. The topological polar surface area (TPSA) is 83.1 Å². The number of aromatic nitrogens is 3. The van der Waals surface area contributed by atoms with Gasteiger partial charge in [0.1, 0.15) is 12.9 Å². The number of nitrogens with one attached hydrogen (secondary N) is 1. The monoisotopic (exact) mass is 201 g/mol. The highest BCUT2D eigenvalue weighted by molar-refractivity contribution is 5.94. The molecule has 2 heterocycles. The Morgan fingerprint density at radius 2 is 2.47 bits per heavy atom. The maximum atomic E-state index is 11.5. The van der Waals surface area contributed by atoms with Crippen LogP contribution in [0.3, 0.4) is 0 Å². The van der Waals surface area contributed by atoms with E-state index in [2.05, 4.69) is 15.5 Å². The van der Waals surface area contributed by atoms with Crippen molar-refractivity contribution in [1.29, 1.82) is 5.26 Å². The maximum Gasteiger partial charge on any atom is 0.253 e. The van der Waals surface area contributed by atoms with Crippen LogP contribution in [0.25, 0.3) is 5.65 Å². The molecule has 1 N–H and O–H groups in total. The Kier molecular flexibility index (Phi) is 2.29. The van der Waals surface area contributed by atoms with Gasteiger partial charge in [0.25, 0.3) is 5.91 Å². The average Bonchev–Trinajstić information content (AvgIpc) is 2.72. The lowest BCUT2D eigenvalue weighted by molar-refractivity contribution is 0.0958. The highest BCUT2D eigenvalue weighted by atomic mass is 16.1. The smallest absolute Gasteiger partial charge is 0.253 e. The molecular weight excluding hydrogens is 194 g/mol. The van der Waals surface area contributed by atoms with E-state index in [4.69, 9.17) is 5.26 Å². The summed E-state index contributed by atoms with van der Waals surface area (Å²) < 4.78 is 1.64. The average molecular weight is 201 g/mol. The highest BCUT2D eigenvalue weighted by Crippen LogP contribution is 2.02. The molecule has 6 nitrogen and oxygen atoms in total. The van der Waals surface area contributed by atoms with Crippen molar-refractivity contribution in [3.63, 3.8) is 0 Å². The van der Waals surface area contributed by atoms with Crippen LogP contribution in [0.2, 0.25) is 0 Å². The van der Waals surface area contributed by atoms with E-state index in [0.717, 1.165) is 0 Å². The number of carbonyl (C=O) groups excluding carboxylic acids is 1. The van der Waals surface area contributed by atoms with Crippen molar-refractivity contribution in [2.45, 2.75) is 0 Å². The van der Waals surface area contributed by atoms with Crippen LogP contribution in [0, 0.1) is 11.3 Å². The van der Waals surface area contributed by atoms with Crippen molar-refractivity contribution in [3.8, 4) is 6.07 Å². The Morgan fingerprint density at radius 3 is 3.27 bits per heavy atom. The van der Waals surface area contributed by atoms with Crippen molar-refractivity contribution in [2.75, 3.05) is 6.54 Å². The Balaban J connectivity index is 2.28. The summed E-state index contributed by atoms with van der Waals surface area (Å²) in [6.07, 6.45) is 3.12. The van der Waals surface area contributed by atoms with Crippen LogP contribution in [0.15, 0.2) is 24.7 Å². The zero-order valence-corrected chi connectivity index (χ0v) is 7.71. The van der Waals surface area contributed by atoms with Crippen LogP contribution in [-0.2, 0) is 0 Å². The molecule has 0 aliphatic carbocycles. The Morgan fingerprint density at radius 1 is 1.60 bits per heavy atom. The summed E-state index contributed by atoms with van der Waals surface area (Å²) in [6, 6.07) is 5.16. The molecule has 0 radical (unpaired) electrons. The summed E-state index contributed by atoms with van der Waals surface area (Å²) in [6.45, 7) is -0.000943. The molecule has 74 valence electrons. The lowest BCUT2D eigenvalue weighted by atomic mass is 10.2. The summed E-state index contributed by atoms with van der Waals surface area (Å²) >= 11 is 0. The molecule has 6 heteroatoms. The number of hydrogen-bond acceptors (Lipinski definition) is 4. The Bertz CT molecular complexity index is 539. The summed E-state index contributed by atoms with van der Waals surface area (Å²) in [4.78, 5) is 11.5. The molecule has 0 unspecified atom stereocenters. The van der Waals surface area contributed by atoms with E-state index in [1.807, 2.05) is 6.07 Å². The number of pyridine rings is 1. The number of rotatable bonds is 2. The predicted octanol–water partition coefficient (Wildman–Crippen LogP) is -0.0173. The van der Waals surface area contributed by atoms with Crippen molar-refractivity contribution >= 4 is 11.6 Å². The van der Waals surface area contributed by atoms with Crippen molar-refractivity contribution in [3.05, 3.63) is 30.2 Å². The number of nitrogens with zero attached hydrogens (tertiary/aromatic N) is 4. The van der Waals surface area contributed by atoms with Gasteiger partial charge in [-0.2, -0.15) is 5.26 Å². The van der Waals surface area contributed by atoms with E-state index in [-0.39, 0.29) is 12.5 Å². The SMILES string of the molecule is N#CCNC(=O)c1ccc2nncn2c1. The summed E-state index contributed by atoms with van der Waals surface area (Å²) in [5, 5.41) is 18.3. The van der Waals surface area contributed by atoms with Crippen molar-refractivity contribution in [1.82, 2.24) is 19.9 Å². The Labute approximate surface area is 85.2 Å². The fourth-order valence-corrected chi connectivity index (χ4v) is 1.18. The minimum Gasteiger partial charge on any atom is -0.339 e. The zero-order chi connectivity index (χ0) is 10.7. The predicted molar refractivity (Wildman–Crippen MR) is 50.9 cm³/mol. The molecule has 0 spiro atoms. The second-order valence-corrected chi connectivity index (χ2v) is 2.85. The van der Waals surface area contributed by atoms with Crippen molar-refractivity contribution < 1.29 is 4.79 Å². The zero-order valence-electron chi connectivity index (χ0n) is 7.71. The number of amides is 1. The van der Waals surface area contributed by atoms with Gasteiger partial charge in [-0.1, -0.05) is 0 Å². The van der Waals surface area contributed by atoms with Gasteiger partial charge in [-0.3, -0.25) is 9.20 Å². The standard InChI is InChI=1S/C9H7N5O/c10-3-4-11-9(15)7-1-2-8-13-12-6-14(8)5-7/h1-2,5-6H,4H2,(H,11,15). The first-order chi connectivity index (χ1) is 7.31. The molecule has 0 fully saturated rings. The normalized spacial score (nSPS) is 9.80. The van der Waals surface area contributed by atoms with Gasteiger partial charge in [-0.05, 0) is 12.1 Å². The first kappa shape index (κ1) is 9.15. The molecule has 0 aliphatic rings. The van der Waals surface area contributed by atoms with Crippen LogP contribution >= 0.6 is 0 Å². The molecule has 0 bridgehead atoms. The van der Waals surface area contributed by atoms with Crippen molar-refractivity contribution in [2.24, 2.45) is 0 Å². The van der Waals surface area contributed by atoms with Gasteiger partial charge in [0, 0.05) is 6.20 Å². The number of carbonyl (C=O) groups is 1. The number of hydrogen-bond donors (Lipinski definition) is 1. The van der Waals surface area contributed by atoms with E-state index >= 15 is 0 Å². The summed E-state index contributed by atoms with van der Waals surface area (Å²) in [5.74, 6) is -0.285. The first-order valence-electron chi connectivity index (χ1n) is 4.26. The number of nitriles is 1. The first-order valence-corrected chi connectivity index (χ1v) is 4.26. The molecular formula is C9H7N5O. The minimum absolute atomic E-state index is 0.000943. The van der Waals surface area contributed by atoms with Crippen LogP contribution in [0.4, 0.5) is 0 Å². The lowest BCUT2D eigenvalue weighted by Gasteiger charge is -2.00. The van der Waals surface area contributed by atoms with E-state index in [0.29, 0.717) is 11.2 Å². The van der Waals surface area contributed by atoms with E-state index in [1.165, 1.54) is 6.33 Å². The van der Waals surface area contributed by atoms with E-state index < -0.39 is 0 Å². The largest absolute Gasteiger partial charge is 0.339 e. The van der Waals surface area contributed by atoms with Gasteiger partial charge in [0.05, 0.1) is 11.6 Å². The van der Waals surface area contributed by atoms with Crippen LogP contribution in [0.5, 0.6) is 0 Å². The van der Waals surface area contributed by atoms with Crippen LogP contribution in [0.1, 0.15) is 10.4 Å². The van der Waals surface area contributed by atoms with Crippen LogP contribution < -0.4 is 5.32 Å². The third-order valence-corrected chi connectivity index (χ3v) is 1.88. The highest BCUT2D eigenvalue weighted by Gasteiger charge is 2.05. The molecule has 2 aromatic heterocycles. The van der Waals surface area contributed by atoms with E-state index in [9.17, 15) is 4.79 Å². The molecule has 0 saturated heterocycles. The second kappa shape index (κ2) is 3.75. The number of fused-ring (bicyclic) bond motifs is 1. The fraction of sp³-hybridized carbons (Fsp3) is 0.111. The van der Waals surface area contributed by atoms with Crippen LogP contribution in [-0.4, -0.2) is 27.0 Å². The molecule has 0 saturated carbocycles. The van der Waals surface area contributed by atoms with Gasteiger partial charge >= 0.3 is 0 Å². The second-order valence-electron chi connectivity index (χ2n) is 2.85. The molecule has 2 aromatic rings. The summed E-state index contributed by atoms with van der Waals surface area (Å²) in [7, 11) is 0. The Hall–Kier alpha value is -2.42. The summed E-state index contributed by atoms with van der Waals surface area (Å²) in [5.41, 5.74) is 1.14. The lowest BCUT2D eigenvalue weighted by Crippen LogP contribution is -2.23. The van der Waals surface area contributed by atoms with Gasteiger partial charge in [-0.25, -0.2) is 0 Å². The fourth-order valence-electron chi connectivity index (χ4n) is 1.18. The third kappa shape index (κ3) is 1.76. The quantitative estimate of drug-likeness (QED) is 0.692. The molecule has 2 rings (SSSR count). The van der Waals surface area contributed by atoms with Gasteiger partial charge in [0.2, 0.25) is 0 Å². The molecule has 0 aliphatic heterocycles. The third-order valence-electron chi connectivity index (χ3n) is 1.88. The van der Waals surface area contributed by atoms with Gasteiger partial charge < -0.3 is 5.32 Å². The van der Waals surface area contributed by atoms with Gasteiger partial charge in [0.15, 0.2) is 5.65 Å². The minimum atomic E-state index is -0.285. The van der Waals surface area contributed by atoms with E-state index in [1.54, 1.807) is 22.7 Å². The molecule has 0 aromatic carbocycles.